The maximum Gasteiger partial charge on any atom is 0.277 e. The quantitative estimate of drug-likeness (QED) is 0.510. The SMILES string of the molecule is Cc1ccc(N=C2C(=O)N(Cc3ccc4ccccc4c3)c3ccc(C(N)=O)cc32)cc1. The van der Waals surface area contributed by atoms with E-state index in [1.54, 1.807) is 23.1 Å². The Morgan fingerprint density at radius 2 is 1.66 bits per heavy atom. The zero-order valence-electron chi connectivity index (χ0n) is 17.6. The van der Waals surface area contributed by atoms with Crippen molar-refractivity contribution in [3.05, 3.63) is 107 Å². The van der Waals surface area contributed by atoms with Crippen LogP contribution in [0.4, 0.5) is 11.4 Å². The van der Waals surface area contributed by atoms with E-state index in [1.165, 1.54) is 0 Å². The van der Waals surface area contributed by atoms with Gasteiger partial charge in [-0.3, -0.25) is 9.59 Å². The van der Waals surface area contributed by atoms with Crippen LogP contribution in [0.1, 0.15) is 27.0 Å². The number of primary amides is 1. The summed E-state index contributed by atoms with van der Waals surface area (Å²) in [4.78, 5) is 31.6. The molecule has 5 rings (SSSR count). The molecule has 2 amide bonds. The Kier molecular flexibility index (Phi) is 4.79. The lowest BCUT2D eigenvalue weighted by Crippen LogP contribution is -2.29. The molecular weight excluding hydrogens is 398 g/mol. The van der Waals surface area contributed by atoms with Gasteiger partial charge >= 0.3 is 0 Å². The van der Waals surface area contributed by atoms with Gasteiger partial charge < -0.3 is 10.6 Å². The number of nitrogens with zero attached hydrogens (tertiary/aromatic N) is 2. The average Bonchev–Trinajstić information content (AvgIpc) is 3.05. The normalized spacial score (nSPS) is 14.2. The van der Waals surface area contributed by atoms with Crippen molar-refractivity contribution in [2.45, 2.75) is 13.5 Å². The summed E-state index contributed by atoms with van der Waals surface area (Å²) in [5.41, 5.74) is 10.3. The molecule has 4 aromatic carbocycles. The smallest absolute Gasteiger partial charge is 0.277 e. The fraction of sp³-hybridized carbons (Fsp3) is 0.0741. The molecule has 4 aromatic rings. The van der Waals surface area contributed by atoms with Gasteiger partial charge in [0.1, 0.15) is 5.71 Å². The molecule has 1 heterocycles. The highest BCUT2D eigenvalue weighted by molar-refractivity contribution is 6.54. The van der Waals surface area contributed by atoms with Crippen LogP contribution in [0.5, 0.6) is 0 Å². The zero-order chi connectivity index (χ0) is 22.2. The van der Waals surface area contributed by atoms with Crippen LogP contribution in [0.15, 0.2) is 89.9 Å². The molecule has 0 unspecified atom stereocenters. The zero-order valence-corrected chi connectivity index (χ0v) is 17.6. The van der Waals surface area contributed by atoms with Crippen LogP contribution in [-0.4, -0.2) is 17.5 Å². The minimum absolute atomic E-state index is 0.199. The molecule has 32 heavy (non-hydrogen) atoms. The van der Waals surface area contributed by atoms with Crippen molar-refractivity contribution >= 4 is 39.7 Å². The van der Waals surface area contributed by atoms with Crippen LogP contribution in [0.25, 0.3) is 10.8 Å². The summed E-state index contributed by atoms with van der Waals surface area (Å²) in [6, 6.07) is 27.0. The average molecular weight is 419 g/mol. The summed E-state index contributed by atoms with van der Waals surface area (Å²) in [7, 11) is 0. The number of anilines is 1. The van der Waals surface area contributed by atoms with Gasteiger partial charge in [0.25, 0.3) is 5.91 Å². The molecule has 0 fully saturated rings. The van der Waals surface area contributed by atoms with Crippen molar-refractivity contribution in [2.24, 2.45) is 10.7 Å². The number of fused-ring (bicyclic) bond motifs is 2. The lowest BCUT2D eigenvalue weighted by Gasteiger charge is -2.17. The molecule has 0 saturated carbocycles. The van der Waals surface area contributed by atoms with E-state index in [0.29, 0.717) is 29.1 Å². The number of hydrogen-bond donors (Lipinski definition) is 1. The highest BCUT2D eigenvalue weighted by Crippen LogP contribution is 2.33. The van der Waals surface area contributed by atoms with Gasteiger partial charge in [-0.05, 0) is 59.7 Å². The van der Waals surface area contributed by atoms with Crippen molar-refractivity contribution in [3.63, 3.8) is 0 Å². The van der Waals surface area contributed by atoms with Gasteiger partial charge in [-0.25, -0.2) is 4.99 Å². The van der Waals surface area contributed by atoms with Gasteiger partial charge in [-0.1, -0.05) is 54.1 Å². The number of aryl methyl sites for hydroxylation is 1. The van der Waals surface area contributed by atoms with Crippen LogP contribution in [0.3, 0.4) is 0 Å². The Hall–Kier alpha value is -4.25. The topological polar surface area (TPSA) is 75.8 Å². The molecule has 2 N–H and O–H groups in total. The number of nitrogens with two attached hydrogens (primary N) is 1. The van der Waals surface area contributed by atoms with Crippen LogP contribution < -0.4 is 10.6 Å². The summed E-state index contributed by atoms with van der Waals surface area (Å²) >= 11 is 0. The van der Waals surface area contributed by atoms with E-state index in [0.717, 1.165) is 27.6 Å². The monoisotopic (exact) mass is 419 g/mol. The number of hydrogen-bond acceptors (Lipinski definition) is 3. The van der Waals surface area contributed by atoms with Crippen molar-refractivity contribution < 1.29 is 9.59 Å². The van der Waals surface area contributed by atoms with Gasteiger partial charge in [-0.2, -0.15) is 0 Å². The van der Waals surface area contributed by atoms with Crippen LogP contribution in [0.2, 0.25) is 0 Å². The molecule has 0 saturated heterocycles. The number of rotatable bonds is 4. The van der Waals surface area contributed by atoms with E-state index in [-0.39, 0.29) is 5.91 Å². The van der Waals surface area contributed by atoms with E-state index < -0.39 is 5.91 Å². The molecule has 0 spiro atoms. The van der Waals surface area contributed by atoms with Crippen LogP contribution in [-0.2, 0) is 11.3 Å². The second-order valence-electron chi connectivity index (χ2n) is 7.96. The Morgan fingerprint density at radius 1 is 0.906 bits per heavy atom. The molecule has 5 nitrogen and oxygen atoms in total. The number of amides is 2. The highest BCUT2D eigenvalue weighted by atomic mass is 16.2. The van der Waals surface area contributed by atoms with Crippen molar-refractivity contribution in [1.82, 2.24) is 0 Å². The molecule has 0 aliphatic carbocycles. The lowest BCUT2D eigenvalue weighted by molar-refractivity contribution is -0.112. The Morgan fingerprint density at radius 3 is 2.41 bits per heavy atom. The summed E-state index contributed by atoms with van der Waals surface area (Å²) in [6.45, 7) is 2.40. The highest BCUT2D eigenvalue weighted by Gasteiger charge is 2.34. The molecule has 0 radical (unpaired) electrons. The van der Waals surface area contributed by atoms with E-state index in [1.807, 2.05) is 49.4 Å². The minimum Gasteiger partial charge on any atom is -0.366 e. The number of carbonyl (C=O) groups excluding carboxylic acids is 2. The molecule has 156 valence electrons. The second-order valence-corrected chi connectivity index (χ2v) is 7.96. The third-order valence-corrected chi connectivity index (χ3v) is 5.70. The Bertz CT molecular complexity index is 1400. The van der Waals surface area contributed by atoms with Gasteiger partial charge in [0.2, 0.25) is 5.91 Å². The number of carbonyl (C=O) groups is 2. The minimum atomic E-state index is -0.539. The molecule has 0 atom stereocenters. The molecule has 1 aliphatic heterocycles. The number of aliphatic imine (C=N–C) groups is 1. The van der Waals surface area contributed by atoms with E-state index in [4.69, 9.17) is 5.73 Å². The Labute approximate surface area is 185 Å². The first-order valence-corrected chi connectivity index (χ1v) is 10.4. The lowest BCUT2D eigenvalue weighted by atomic mass is 10.1. The summed E-state index contributed by atoms with van der Waals surface area (Å²) in [5.74, 6) is -0.738. The summed E-state index contributed by atoms with van der Waals surface area (Å²) in [6.07, 6.45) is 0. The predicted molar refractivity (Wildman–Crippen MR) is 127 cm³/mol. The summed E-state index contributed by atoms with van der Waals surface area (Å²) in [5, 5.41) is 2.27. The molecule has 1 aliphatic rings. The predicted octanol–water partition coefficient (Wildman–Crippen LogP) is 4.91. The number of benzene rings is 4. The summed E-state index contributed by atoms with van der Waals surface area (Å²) < 4.78 is 0. The molecule has 0 bridgehead atoms. The molecule has 0 aromatic heterocycles. The largest absolute Gasteiger partial charge is 0.366 e. The Balaban J connectivity index is 1.58. The third-order valence-electron chi connectivity index (χ3n) is 5.70. The first-order valence-electron chi connectivity index (χ1n) is 10.4. The first-order chi connectivity index (χ1) is 15.5. The van der Waals surface area contributed by atoms with Gasteiger partial charge in [0, 0.05) is 11.1 Å². The van der Waals surface area contributed by atoms with E-state index in [2.05, 4.69) is 29.3 Å². The fourth-order valence-corrected chi connectivity index (χ4v) is 4.00. The van der Waals surface area contributed by atoms with Gasteiger partial charge in [0.05, 0.1) is 17.9 Å². The maximum absolute atomic E-state index is 13.5. The molecular formula is C27H21N3O2. The third kappa shape index (κ3) is 3.54. The fourth-order valence-electron chi connectivity index (χ4n) is 4.00. The van der Waals surface area contributed by atoms with Crippen molar-refractivity contribution in [1.29, 1.82) is 0 Å². The maximum atomic E-state index is 13.5. The van der Waals surface area contributed by atoms with Crippen LogP contribution in [0, 0.1) is 6.92 Å². The standard InChI is InChI=1S/C27H21N3O2/c1-17-6-11-22(12-7-17)29-25-23-15-21(26(28)31)10-13-24(23)30(27(25)32)16-18-8-9-19-4-2-3-5-20(19)14-18/h2-15H,16H2,1H3,(H2,28,31). The van der Waals surface area contributed by atoms with Gasteiger partial charge in [0.15, 0.2) is 0 Å². The van der Waals surface area contributed by atoms with Crippen molar-refractivity contribution in [3.8, 4) is 0 Å². The van der Waals surface area contributed by atoms with E-state index in [9.17, 15) is 9.59 Å². The first kappa shape index (κ1) is 19.7. The van der Waals surface area contributed by atoms with E-state index >= 15 is 0 Å². The van der Waals surface area contributed by atoms with Crippen LogP contribution >= 0.6 is 0 Å². The van der Waals surface area contributed by atoms with Gasteiger partial charge in [-0.15, -0.1) is 0 Å². The second kappa shape index (κ2) is 7.78. The van der Waals surface area contributed by atoms with Crippen molar-refractivity contribution in [2.75, 3.05) is 4.90 Å². The molecule has 5 heteroatoms.